The fraction of sp³-hybridized carbons (Fsp3) is 0.444. The van der Waals surface area contributed by atoms with E-state index in [0.29, 0.717) is 24.6 Å². The standard InChI is InChI=1S/C18H21N5O2S/c24-16(9-11-26-18-21-19-12-23(18)15-7-8-15)20-13-3-5-14(6-4-13)22-10-1-2-17(22)25/h3-6,12,15H,1-2,7-11H2,(H,20,24). The zero-order valence-electron chi connectivity index (χ0n) is 14.4. The molecule has 1 aromatic heterocycles. The molecule has 1 saturated carbocycles. The van der Waals surface area contributed by atoms with E-state index in [9.17, 15) is 9.59 Å². The summed E-state index contributed by atoms with van der Waals surface area (Å²) in [7, 11) is 0. The van der Waals surface area contributed by atoms with Crippen LogP contribution in [0.25, 0.3) is 0 Å². The Bertz CT molecular complexity index is 800. The molecule has 2 aliphatic rings. The number of amides is 2. The number of nitrogens with one attached hydrogen (secondary N) is 1. The lowest BCUT2D eigenvalue weighted by Gasteiger charge is -2.16. The Morgan fingerprint density at radius 2 is 2.08 bits per heavy atom. The minimum absolute atomic E-state index is 0.0278. The predicted molar refractivity (Wildman–Crippen MR) is 100 cm³/mol. The van der Waals surface area contributed by atoms with Crippen molar-refractivity contribution in [3.63, 3.8) is 0 Å². The molecule has 1 aliphatic carbocycles. The first kappa shape index (κ1) is 17.1. The molecule has 0 bridgehead atoms. The van der Waals surface area contributed by atoms with Crippen LogP contribution in [0.1, 0.15) is 38.1 Å². The van der Waals surface area contributed by atoms with Gasteiger partial charge in [0.15, 0.2) is 5.16 Å². The van der Waals surface area contributed by atoms with Crippen LogP contribution in [0, 0.1) is 0 Å². The van der Waals surface area contributed by atoms with Gasteiger partial charge in [-0.15, -0.1) is 10.2 Å². The van der Waals surface area contributed by atoms with Crippen molar-refractivity contribution < 1.29 is 9.59 Å². The van der Waals surface area contributed by atoms with Crippen molar-refractivity contribution >= 4 is 35.0 Å². The third kappa shape index (κ3) is 3.90. The van der Waals surface area contributed by atoms with E-state index in [-0.39, 0.29) is 11.8 Å². The highest BCUT2D eigenvalue weighted by molar-refractivity contribution is 7.99. The number of benzene rings is 1. The molecule has 2 fully saturated rings. The van der Waals surface area contributed by atoms with E-state index in [4.69, 9.17) is 0 Å². The van der Waals surface area contributed by atoms with E-state index in [1.165, 1.54) is 12.8 Å². The van der Waals surface area contributed by atoms with E-state index in [2.05, 4.69) is 20.1 Å². The Balaban J connectivity index is 1.25. The lowest BCUT2D eigenvalue weighted by atomic mass is 10.2. The van der Waals surface area contributed by atoms with Crippen molar-refractivity contribution in [2.75, 3.05) is 22.5 Å². The van der Waals surface area contributed by atoms with Crippen LogP contribution in [0.2, 0.25) is 0 Å². The highest BCUT2D eigenvalue weighted by Gasteiger charge is 2.26. The number of thioether (sulfide) groups is 1. The molecule has 2 aromatic rings. The van der Waals surface area contributed by atoms with Gasteiger partial charge in [0.05, 0.1) is 0 Å². The van der Waals surface area contributed by atoms with Crippen LogP contribution in [-0.2, 0) is 9.59 Å². The predicted octanol–water partition coefficient (Wildman–Crippen LogP) is 2.86. The van der Waals surface area contributed by atoms with Crippen LogP contribution in [-0.4, -0.2) is 38.9 Å². The number of hydrogen-bond acceptors (Lipinski definition) is 5. The first-order chi connectivity index (χ1) is 12.7. The third-order valence-corrected chi connectivity index (χ3v) is 5.54. The summed E-state index contributed by atoms with van der Waals surface area (Å²) in [5.74, 6) is 0.801. The maximum Gasteiger partial charge on any atom is 0.227 e. The Kier molecular flexibility index (Phi) is 4.92. The number of rotatable bonds is 7. The van der Waals surface area contributed by atoms with Gasteiger partial charge in [0.2, 0.25) is 11.8 Å². The minimum atomic E-state index is -0.0278. The van der Waals surface area contributed by atoms with Crippen LogP contribution in [0.4, 0.5) is 11.4 Å². The van der Waals surface area contributed by atoms with E-state index < -0.39 is 0 Å². The van der Waals surface area contributed by atoms with Crippen LogP contribution < -0.4 is 10.2 Å². The highest BCUT2D eigenvalue weighted by atomic mass is 32.2. The largest absolute Gasteiger partial charge is 0.326 e. The molecule has 1 aliphatic heterocycles. The van der Waals surface area contributed by atoms with Gasteiger partial charge in [0, 0.05) is 42.6 Å². The summed E-state index contributed by atoms with van der Waals surface area (Å²) in [5.41, 5.74) is 1.64. The molecule has 7 nitrogen and oxygen atoms in total. The van der Waals surface area contributed by atoms with Crippen molar-refractivity contribution in [1.82, 2.24) is 14.8 Å². The molecule has 26 heavy (non-hydrogen) atoms. The van der Waals surface area contributed by atoms with Gasteiger partial charge in [0.25, 0.3) is 0 Å². The fourth-order valence-corrected chi connectivity index (χ4v) is 3.96. The molecule has 1 N–H and O–H groups in total. The molecule has 8 heteroatoms. The second-order valence-corrected chi connectivity index (χ2v) is 7.66. The molecule has 1 aromatic carbocycles. The zero-order chi connectivity index (χ0) is 17.9. The molecule has 0 radical (unpaired) electrons. The summed E-state index contributed by atoms with van der Waals surface area (Å²) >= 11 is 1.56. The smallest absolute Gasteiger partial charge is 0.227 e. The highest BCUT2D eigenvalue weighted by Crippen LogP contribution is 2.37. The topological polar surface area (TPSA) is 80.1 Å². The van der Waals surface area contributed by atoms with E-state index >= 15 is 0 Å². The summed E-state index contributed by atoms with van der Waals surface area (Å²) in [6.45, 7) is 0.771. The fourth-order valence-electron chi connectivity index (χ4n) is 3.04. The number of nitrogens with zero attached hydrogens (tertiary/aromatic N) is 4. The third-order valence-electron chi connectivity index (χ3n) is 4.58. The SMILES string of the molecule is O=C(CCSc1nncn1C1CC1)Nc1ccc(N2CCCC2=O)cc1. The summed E-state index contributed by atoms with van der Waals surface area (Å²) in [6.07, 6.45) is 6.08. The number of anilines is 2. The summed E-state index contributed by atoms with van der Waals surface area (Å²) in [6, 6.07) is 7.99. The van der Waals surface area contributed by atoms with Gasteiger partial charge in [-0.05, 0) is 43.5 Å². The molecule has 136 valence electrons. The Morgan fingerprint density at radius 1 is 1.27 bits per heavy atom. The number of aromatic nitrogens is 3. The van der Waals surface area contributed by atoms with Crippen LogP contribution in [0.5, 0.6) is 0 Å². The lowest BCUT2D eigenvalue weighted by Crippen LogP contribution is -2.23. The number of hydrogen-bond donors (Lipinski definition) is 1. The van der Waals surface area contributed by atoms with Crippen molar-refractivity contribution in [2.45, 2.75) is 43.3 Å². The molecule has 0 spiro atoms. The number of carbonyl (C=O) groups excluding carboxylic acids is 2. The minimum Gasteiger partial charge on any atom is -0.326 e. The molecule has 4 rings (SSSR count). The molecule has 0 unspecified atom stereocenters. The Hall–Kier alpha value is -2.35. The zero-order valence-corrected chi connectivity index (χ0v) is 15.2. The van der Waals surface area contributed by atoms with Gasteiger partial charge in [-0.3, -0.25) is 9.59 Å². The van der Waals surface area contributed by atoms with Crippen molar-refractivity contribution in [2.24, 2.45) is 0 Å². The second-order valence-electron chi connectivity index (χ2n) is 6.59. The van der Waals surface area contributed by atoms with E-state index in [0.717, 1.165) is 29.5 Å². The van der Waals surface area contributed by atoms with Gasteiger partial charge in [-0.1, -0.05) is 11.8 Å². The average Bonchev–Trinajstić information content (AvgIpc) is 3.22. The molecule has 0 atom stereocenters. The molecule has 1 saturated heterocycles. The summed E-state index contributed by atoms with van der Waals surface area (Å²) < 4.78 is 2.10. The Morgan fingerprint density at radius 3 is 2.77 bits per heavy atom. The van der Waals surface area contributed by atoms with Crippen LogP contribution in [0.3, 0.4) is 0 Å². The van der Waals surface area contributed by atoms with E-state index in [1.54, 1.807) is 23.0 Å². The van der Waals surface area contributed by atoms with Crippen molar-refractivity contribution in [1.29, 1.82) is 0 Å². The lowest BCUT2D eigenvalue weighted by molar-refractivity contribution is -0.117. The van der Waals surface area contributed by atoms with Crippen LogP contribution in [0.15, 0.2) is 35.7 Å². The first-order valence-corrected chi connectivity index (χ1v) is 9.92. The Labute approximate surface area is 156 Å². The summed E-state index contributed by atoms with van der Waals surface area (Å²) in [5, 5.41) is 11.9. The molecular weight excluding hydrogens is 350 g/mol. The first-order valence-electron chi connectivity index (χ1n) is 8.93. The van der Waals surface area contributed by atoms with Gasteiger partial charge in [-0.2, -0.15) is 0 Å². The van der Waals surface area contributed by atoms with Gasteiger partial charge >= 0.3 is 0 Å². The average molecular weight is 371 g/mol. The summed E-state index contributed by atoms with van der Waals surface area (Å²) in [4.78, 5) is 25.7. The molecule has 2 amide bonds. The quantitative estimate of drug-likeness (QED) is 0.757. The van der Waals surface area contributed by atoms with Gasteiger partial charge < -0.3 is 14.8 Å². The van der Waals surface area contributed by atoms with Crippen LogP contribution >= 0.6 is 11.8 Å². The monoisotopic (exact) mass is 371 g/mol. The maximum atomic E-state index is 12.1. The normalized spacial score (nSPS) is 16.9. The van der Waals surface area contributed by atoms with Gasteiger partial charge in [-0.25, -0.2) is 0 Å². The van der Waals surface area contributed by atoms with Gasteiger partial charge in [0.1, 0.15) is 6.33 Å². The van der Waals surface area contributed by atoms with Crippen molar-refractivity contribution in [3.8, 4) is 0 Å². The van der Waals surface area contributed by atoms with Crippen molar-refractivity contribution in [3.05, 3.63) is 30.6 Å². The number of carbonyl (C=O) groups is 2. The maximum absolute atomic E-state index is 12.1. The second kappa shape index (κ2) is 7.49. The molecule has 2 heterocycles. The van der Waals surface area contributed by atoms with E-state index in [1.807, 2.05) is 24.3 Å². The molecular formula is C18H21N5O2S.